The molecule has 152 valence electrons. The van der Waals surface area contributed by atoms with E-state index in [-0.39, 0.29) is 23.3 Å². The van der Waals surface area contributed by atoms with Crippen LogP contribution in [0.3, 0.4) is 0 Å². The number of nitrogens with zero attached hydrogens (tertiary/aromatic N) is 2. The number of aromatic nitrogens is 2. The maximum atomic E-state index is 13.8. The molecular formula is C23H27FN4O. The first kappa shape index (κ1) is 20.6. The van der Waals surface area contributed by atoms with Crippen LogP contribution in [0.1, 0.15) is 49.8 Å². The average molecular weight is 394 g/mol. The molecule has 2 atom stereocenters. The number of halogens is 1. The van der Waals surface area contributed by atoms with Crippen molar-refractivity contribution in [1.82, 2.24) is 20.2 Å². The smallest absolute Gasteiger partial charge is 0.316 e. The predicted octanol–water partition coefficient (Wildman–Crippen LogP) is 4.74. The highest BCUT2D eigenvalue weighted by Crippen LogP contribution is 2.32. The van der Waals surface area contributed by atoms with Gasteiger partial charge in [0.05, 0.1) is 6.04 Å². The molecule has 1 aromatic heterocycles. The Labute approximate surface area is 171 Å². The fraction of sp³-hybridized carbons (Fsp3) is 0.304. The number of benzene rings is 2. The number of hydrogen-bond donors (Lipinski definition) is 2. The Morgan fingerprint density at radius 1 is 1.03 bits per heavy atom. The van der Waals surface area contributed by atoms with Gasteiger partial charge in [-0.1, -0.05) is 63.2 Å². The zero-order valence-corrected chi connectivity index (χ0v) is 17.2. The zero-order valence-electron chi connectivity index (χ0n) is 17.2. The first-order valence-electron chi connectivity index (χ1n) is 9.60. The van der Waals surface area contributed by atoms with Gasteiger partial charge in [-0.3, -0.25) is 0 Å². The van der Waals surface area contributed by atoms with E-state index in [2.05, 4.69) is 36.4 Å². The molecule has 0 saturated carbocycles. The van der Waals surface area contributed by atoms with Gasteiger partial charge in [0, 0.05) is 19.4 Å². The molecule has 0 radical (unpaired) electrons. The van der Waals surface area contributed by atoms with Crippen LogP contribution in [0, 0.1) is 11.2 Å². The van der Waals surface area contributed by atoms with Crippen molar-refractivity contribution in [1.29, 1.82) is 0 Å². The van der Waals surface area contributed by atoms with Crippen molar-refractivity contribution in [2.75, 3.05) is 0 Å². The summed E-state index contributed by atoms with van der Waals surface area (Å²) in [5.74, 6) is 0.263. The number of carbonyl (C=O) groups excluding carboxylic acids is 1. The molecule has 0 bridgehead atoms. The summed E-state index contributed by atoms with van der Waals surface area (Å²) in [5, 5.41) is 6.06. The van der Waals surface area contributed by atoms with Crippen molar-refractivity contribution in [3.05, 3.63) is 89.8 Å². The molecule has 2 unspecified atom stereocenters. The first-order valence-corrected chi connectivity index (χ1v) is 9.60. The van der Waals surface area contributed by atoms with Crippen molar-refractivity contribution in [2.45, 2.75) is 32.9 Å². The Balaban J connectivity index is 1.87. The predicted molar refractivity (Wildman–Crippen MR) is 112 cm³/mol. The minimum atomic E-state index is -0.581. The lowest BCUT2D eigenvalue weighted by Crippen LogP contribution is -2.44. The third kappa shape index (κ3) is 5.02. The van der Waals surface area contributed by atoms with Crippen molar-refractivity contribution in [3.63, 3.8) is 0 Å². The standard InChI is InChI=1S/C23H27FN4O/c1-23(2,3)20(16-9-6-5-7-10-16)27-22(29)26-19(21-25-13-14-28(21)4)17-11-8-12-18(24)15-17/h5-15,19-20H,1-4H3,(H2,26,27,29). The Morgan fingerprint density at radius 2 is 1.72 bits per heavy atom. The first-order chi connectivity index (χ1) is 13.8. The molecule has 29 heavy (non-hydrogen) atoms. The molecule has 0 spiro atoms. The molecule has 2 N–H and O–H groups in total. The molecule has 1 heterocycles. The van der Waals surface area contributed by atoms with Gasteiger partial charge in [0.1, 0.15) is 17.7 Å². The van der Waals surface area contributed by atoms with Crippen LogP contribution in [0.15, 0.2) is 67.0 Å². The van der Waals surface area contributed by atoms with Crippen LogP contribution in [0.2, 0.25) is 0 Å². The van der Waals surface area contributed by atoms with Crippen LogP contribution in [0.4, 0.5) is 9.18 Å². The number of amides is 2. The van der Waals surface area contributed by atoms with Gasteiger partial charge < -0.3 is 15.2 Å². The summed E-state index contributed by atoms with van der Waals surface area (Å²) in [7, 11) is 1.84. The summed E-state index contributed by atoms with van der Waals surface area (Å²) in [6.07, 6.45) is 3.45. The van der Waals surface area contributed by atoms with Gasteiger partial charge in [-0.05, 0) is 28.7 Å². The SMILES string of the molecule is Cn1ccnc1C(NC(=O)NC(c1ccccc1)C(C)(C)C)c1cccc(F)c1. The number of imidazole rings is 1. The molecule has 0 aliphatic rings. The molecule has 0 aliphatic carbocycles. The monoisotopic (exact) mass is 394 g/mol. The number of nitrogens with one attached hydrogen (secondary N) is 2. The van der Waals surface area contributed by atoms with Crippen molar-refractivity contribution in [2.24, 2.45) is 12.5 Å². The number of aryl methyl sites for hydroxylation is 1. The van der Waals surface area contributed by atoms with Gasteiger partial charge in [-0.15, -0.1) is 0 Å². The quantitative estimate of drug-likeness (QED) is 0.657. The third-order valence-electron chi connectivity index (χ3n) is 4.85. The van der Waals surface area contributed by atoms with Crippen LogP contribution in [0.25, 0.3) is 0 Å². The zero-order chi connectivity index (χ0) is 21.0. The Morgan fingerprint density at radius 3 is 2.31 bits per heavy atom. The highest BCUT2D eigenvalue weighted by Gasteiger charge is 2.29. The molecule has 3 rings (SSSR count). The minimum Gasteiger partial charge on any atom is -0.336 e. The topological polar surface area (TPSA) is 59.0 Å². The largest absolute Gasteiger partial charge is 0.336 e. The van der Waals surface area contributed by atoms with E-state index in [1.54, 1.807) is 24.5 Å². The van der Waals surface area contributed by atoms with Gasteiger partial charge in [-0.2, -0.15) is 0 Å². The summed E-state index contributed by atoms with van der Waals surface area (Å²) in [4.78, 5) is 17.4. The maximum absolute atomic E-state index is 13.8. The van der Waals surface area contributed by atoms with E-state index in [4.69, 9.17) is 0 Å². The second kappa shape index (κ2) is 8.47. The van der Waals surface area contributed by atoms with Gasteiger partial charge in [-0.25, -0.2) is 14.2 Å². The molecule has 6 heteroatoms. The highest BCUT2D eigenvalue weighted by atomic mass is 19.1. The summed E-state index contributed by atoms with van der Waals surface area (Å²) >= 11 is 0. The minimum absolute atomic E-state index is 0.196. The molecule has 2 amide bonds. The Bertz CT molecular complexity index is 962. The Kier molecular flexibility index (Phi) is 6.01. The third-order valence-corrected chi connectivity index (χ3v) is 4.85. The molecule has 2 aromatic carbocycles. The number of rotatable bonds is 5. The van der Waals surface area contributed by atoms with Gasteiger partial charge in [0.25, 0.3) is 0 Å². The van der Waals surface area contributed by atoms with Crippen LogP contribution >= 0.6 is 0 Å². The van der Waals surface area contributed by atoms with E-state index in [9.17, 15) is 9.18 Å². The number of carbonyl (C=O) groups is 1. The van der Waals surface area contributed by atoms with E-state index in [1.807, 2.05) is 41.9 Å². The second-order valence-electron chi connectivity index (χ2n) is 8.21. The lowest BCUT2D eigenvalue weighted by molar-refractivity contribution is 0.216. The van der Waals surface area contributed by atoms with Crippen LogP contribution < -0.4 is 10.6 Å². The second-order valence-corrected chi connectivity index (χ2v) is 8.21. The van der Waals surface area contributed by atoms with Crippen LogP contribution in [-0.2, 0) is 7.05 Å². The summed E-state index contributed by atoms with van der Waals surface area (Å²) in [6, 6.07) is 14.9. The van der Waals surface area contributed by atoms with E-state index in [0.29, 0.717) is 11.4 Å². The van der Waals surface area contributed by atoms with Gasteiger partial charge >= 0.3 is 6.03 Å². The van der Waals surface area contributed by atoms with Crippen LogP contribution in [-0.4, -0.2) is 15.6 Å². The van der Waals surface area contributed by atoms with Crippen molar-refractivity contribution < 1.29 is 9.18 Å². The van der Waals surface area contributed by atoms with Gasteiger partial charge in [0.15, 0.2) is 0 Å². The van der Waals surface area contributed by atoms with E-state index < -0.39 is 6.04 Å². The van der Waals surface area contributed by atoms with Crippen LogP contribution in [0.5, 0.6) is 0 Å². The normalized spacial score (nSPS) is 13.6. The molecule has 0 saturated heterocycles. The highest BCUT2D eigenvalue weighted by molar-refractivity contribution is 5.75. The fourth-order valence-electron chi connectivity index (χ4n) is 3.39. The average Bonchev–Trinajstić information content (AvgIpc) is 3.09. The number of hydrogen-bond acceptors (Lipinski definition) is 2. The number of urea groups is 1. The lowest BCUT2D eigenvalue weighted by Gasteiger charge is -2.32. The fourth-order valence-corrected chi connectivity index (χ4v) is 3.39. The lowest BCUT2D eigenvalue weighted by atomic mass is 9.82. The van der Waals surface area contributed by atoms with Crippen molar-refractivity contribution in [3.8, 4) is 0 Å². The Hall–Kier alpha value is -3.15. The molecule has 5 nitrogen and oxygen atoms in total. The molecule has 0 aliphatic heterocycles. The molecular weight excluding hydrogens is 367 g/mol. The summed E-state index contributed by atoms with van der Waals surface area (Å²) < 4.78 is 15.7. The molecule has 0 fully saturated rings. The molecule has 3 aromatic rings. The van der Waals surface area contributed by atoms with Crippen molar-refractivity contribution >= 4 is 6.03 Å². The summed E-state index contributed by atoms with van der Waals surface area (Å²) in [6.45, 7) is 6.23. The van der Waals surface area contributed by atoms with E-state index in [1.165, 1.54) is 12.1 Å². The van der Waals surface area contributed by atoms with E-state index >= 15 is 0 Å². The summed E-state index contributed by atoms with van der Waals surface area (Å²) in [5.41, 5.74) is 1.45. The van der Waals surface area contributed by atoms with E-state index in [0.717, 1.165) is 5.56 Å². The van der Waals surface area contributed by atoms with Gasteiger partial charge in [0.2, 0.25) is 0 Å². The maximum Gasteiger partial charge on any atom is 0.316 e.